The lowest BCUT2D eigenvalue weighted by Crippen LogP contribution is -2.20. The van der Waals surface area contributed by atoms with Crippen molar-refractivity contribution in [3.8, 4) is 5.75 Å². The zero-order valence-corrected chi connectivity index (χ0v) is 10.4. The number of nitrogens with one attached hydrogen (secondary N) is 1. The second-order valence-electron chi connectivity index (χ2n) is 3.39. The summed E-state index contributed by atoms with van der Waals surface area (Å²) >= 11 is 2.09. The molecule has 0 saturated heterocycles. The number of hydrogen-bond donors (Lipinski definition) is 1. The van der Waals surface area contributed by atoms with E-state index in [0.717, 1.165) is 16.4 Å². The summed E-state index contributed by atoms with van der Waals surface area (Å²) in [5, 5.41) is 2.60. The second-order valence-corrected chi connectivity index (χ2v) is 4.55. The minimum atomic E-state index is -0.127. The van der Waals surface area contributed by atoms with E-state index in [1.54, 1.807) is 19.4 Å². The predicted octanol–water partition coefficient (Wildman–Crippen LogP) is 1.59. The number of rotatable bonds is 3. The van der Waals surface area contributed by atoms with Gasteiger partial charge in [0.25, 0.3) is 5.91 Å². The van der Waals surface area contributed by atoms with E-state index in [0.29, 0.717) is 11.3 Å². The van der Waals surface area contributed by atoms with Gasteiger partial charge in [0.15, 0.2) is 5.75 Å². The quantitative estimate of drug-likeness (QED) is 0.861. The number of hydrogen-bond acceptors (Lipinski definition) is 3. The van der Waals surface area contributed by atoms with Crippen molar-refractivity contribution in [2.45, 2.75) is 18.9 Å². The zero-order chi connectivity index (χ0) is 10.8. The fourth-order valence-corrected chi connectivity index (χ4v) is 1.89. The van der Waals surface area contributed by atoms with E-state index in [-0.39, 0.29) is 12.0 Å². The topological polar surface area (TPSA) is 51.2 Å². The van der Waals surface area contributed by atoms with E-state index in [1.807, 2.05) is 0 Å². The normalized spacial score (nSPS) is 14.8. The van der Waals surface area contributed by atoms with Gasteiger partial charge < -0.3 is 10.1 Å². The van der Waals surface area contributed by atoms with Gasteiger partial charge in [0.1, 0.15) is 0 Å². The lowest BCUT2D eigenvalue weighted by atomic mass is 10.2. The molecular formula is C10H11IN2O2. The first-order chi connectivity index (χ1) is 7.22. The maximum atomic E-state index is 11.6. The van der Waals surface area contributed by atoms with E-state index >= 15 is 0 Å². The molecule has 1 aliphatic carbocycles. The van der Waals surface area contributed by atoms with Crippen LogP contribution in [0.4, 0.5) is 0 Å². The highest BCUT2D eigenvalue weighted by Crippen LogP contribution is 2.30. The molecule has 0 aliphatic heterocycles. The van der Waals surface area contributed by atoms with Crippen molar-refractivity contribution in [2.24, 2.45) is 0 Å². The Morgan fingerprint density at radius 1 is 1.60 bits per heavy atom. The van der Waals surface area contributed by atoms with Gasteiger partial charge in [-0.3, -0.25) is 9.78 Å². The third kappa shape index (κ3) is 2.39. The number of pyridine rings is 1. The maximum absolute atomic E-state index is 11.6. The minimum Gasteiger partial charge on any atom is -0.488 e. The third-order valence-electron chi connectivity index (χ3n) is 2.14. The average Bonchev–Trinajstić information content (AvgIpc) is 3.01. The number of halogens is 1. The summed E-state index contributed by atoms with van der Waals surface area (Å²) in [6.07, 6.45) is 5.67. The van der Waals surface area contributed by atoms with Crippen LogP contribution in [0.3, 0.4) is 0 Å². The van der Waals surface area contributed by atoms with Crippen LogP contribution in [0.5, 0.6) is 5.75 Å². The number of carbonyl (C=O) groups excluding carboxylic acids is 1. The Kier molecular flexibility index (Phi) is 3.08. The summed E-state index contributed by atoms with van der Waals surface area (Å²) < 4.78 is 6.44. The second kappa shape index (κ2) is 4.34. The van der Waals surface area contributed by atoms with Crippen LogP contribution in [0.25, 0.3) is 0 Å². The Balaban J connectivity index is 2.33. The lowest BCUT2D eigenvalue weighted by Gasteiger charge is -2.10. The van der Waals surface area contributed by atoms with Gasteiger partial charge in [0.05, 0.1) is 17.9 Å². The lowest BCUT2D eigenvalue weighted by molar-refractivity contribution is 0.0957. The molecule has 1 N–H and O–H groups in total. The van der Waals surface area contributed by atoms with Gasteiger partial charge in [-0.05, 0) is 35.4 Å². The predicted molar refractivity (Wildman–Crippen MR) is 64.0 cm³/mol. The molecule has 1 aromatic rings. The summed E-state index contributed by atoms with van der Waals surface area (Å²) in [5.41, 5.74) is 0.583. The Labute approximate surface area is 102 Å². The molecule has 0 radical (unpaired) electrons. The van der Waals surface area contributed by atoms with Crippen molar-refractivity contribution >= 4 is 28.5 Å². The molecule has 1 aliphatic rings. The average molecular weight is 318 g/mol. The molecular weight excluding hydrogens is 307 g/mol. The monoisotopic (exact) mass is 318 g/mol. The van der Waals surface area contributed by atoms with Gasteiger partial charge in [-0.25, -0.2) is 0 Å². The van der Waals surface area contributed by atoms with Crippen LogP contribution < -0.4 is 10.1 Å². The van der Waals surface area contributed by atoms with Crippen LogP contribution in [-0.4, -0.2) is 24.0 Å². The summed E-state index contributed by atoms with van der Waals surface area (Å²) in [6.45, 7) is 0. The summed E-state index contributed by atoms with van der Waals surface area (Å²) in [5.74, 6) is 0.459. The fraction of sp³-hybridized carbons (Fsp3) is 0.400. The first-order valence-electron chi connectivity index (χ1n) is 4.74. The van der Waals surface area contributed by atoms with Crippen molar-refractivity contribution < 1.29 is 9.53 Å². The van der Waals surface area contributed by atoms with E-state index in [4.69, 9.17) is 4.74 Å². The minimum absolute atomic E-state index is 0.127. The van der Waals surface area contributed by atoms with Crippen molar-refractivity contribution in [1.82, 2.24) is 10.3 Å². The molecule has 1 saturated carbocycles. The SMILES string of the molecule is CNC(=O)c1c(I)cncc1OC1CC1. The van der Waals surface area contributed by atoms with E-state index < -0.39 is 0 Å². The first kappa shape index (κ1) is 10.7. The molecule has 5 heteroatoms. The first-order valence-corrected chi connectivity index (χ1v) is 5.82. The van der Waals surface area contributed by atoms with Crippen molar-refractivity contribution in [2.75, 3.05) is 7.05 Å². The van der Waals surface area contributed by atoms with E-state index in [1.165, 1.54) is 0 Å². The van der Waals surface area contributed by atoms with Crippen molar-refractivity contribution in [3.05, 3.63) is 21.5 Å². The van der Waals surface area contributed by atoms with E-state index in [9.17, 15) is 4.79 Å². The van der Waals surface area contributed by atoms with Gasteiger partial charge in [0, 0.05) is 16.8 Å². The van der Waals surface area contributed by atoms with Crippen LogP contribution in [0, 0.1) is 3.57 Å². The van der Waals surface area contributed by atoms with Crippen molar-refractivity contribution in [3.63, 3.8) is 0 Å². The number of aromatic nitrogens is 1. The summed E-state index contributed by atoms with van der Waals surface area (Å²) in [6, 6.07) is 0. The molecule has 0 bridgehead atoms. The van der Waals surface area contributed by atoms with Gasteiger partial charge in [-0.1, -0.05) is 0 Å². The highest BCUT2D eigenvalue weighted by Gasteiger charge is 2.26. The molecule has 1 fully saturated rings. The Hall–Kier alpha value is -0.850. The molecule has 1 aromatic heterocycles. The number of nitrogens with zero attached hydrogens (tertiary/aromatic N) is 1. The molecule has 15 heavy (non-hydrogen) atoms. The Morgan fingerprint density at radius 2 is 2.33 bits per heavy atom. The number of carbonyl (C=O) groups is 1. The maximum Gasteiger partial charge on any atom is 0.255 e. The van der Waals surface area contributed by atoms with Crippen LogP contribution in [0.1, 0.15) is 23.2 Å². The standard InChI is InChI=1S/C10H11IN2O2/c1-12-10(14)9-7(11)4-13-5-8(9)15-6-2-3-6/h4-6H,2-3H2,1H3,(H,12,14). The molecule has 0 atom stereocenters. The zero-order valence-electron chi connectivity index (χ0n) is 8.29. The summed E-state index contributed by atoms with van der Waals surface area (Å²) in [4.78, 5) is 15.7. The molecule has 80 valence electrons. The molecule has 2 rings (SSSR count). The largest absolute Gasteiger partial charge is 0.488 e. The van der Waals surface area contributed by atoms with Crippen LogP contribution in [-0.2, 0) is 0 Å². The number of amides is 1. The molecule has 0 unspecified atom stereocenters. The van der Waals surface area contributed by atoms with Crippen molar-refractivity contribution in [1.29, 1.82) is 0 Å². The summed E-state index contributed by atoms with van der Waals surface area (Å²) in [7, 11) is 1.61. The highest BCUT2D eigenvalue weighted by molar-refractivity contribution is 14.1. The molecule has 0 spiro atoms. The van der Waals surface area contributed by atoms with Crippen LogP contribution in [0.2, 0.25) is 0 Å². The molecule has 4 nitrogen and oxygen atoms in total. The van der Waals surface area contributed by atoms with Gasteiger partial charge in [-0.2, -0.15) is 0 Å². The van der Waals surface area contributed by atoms with Crippen LogP contribution >= 0.6 is 22.6 Å². The number of ether oxygens (including phenoxy) is 1. The Bertz CT molecular complexity index is 391. The molecule has 0 aromatic carbocycles. The van der Waals surface area contributed by atoms with Gasteiger partial charge in [0.2, 0.25) is 0 Å². The fourth-order valence-electron chi connectivity index (χ4n) is 1.22. The molecule has 1 heterocycles. The third-order valence-corrected chi connectivity index (χ3v) is 2.95. The van der Waals surface area contributed by atoms with Crippen LogP contribution in [0.15, 0.2) is 12.4 Å². The smallest absolute Gasteiger partial charge is 0.255 e. The Morgan fingerprint density at radius 3 is 2.93 bits per heavy atom. The molecule has 1 amide bonds. The highest BCUT2D eigenvalue weighted by atomic mass is 127. The van der Waals surface area contributed by atoms with Gasteiger partial charge >= 0.3 is 0 Å². The van der Waals surface area contributed by atoms with E-state index in [2.05, 4.69) is 32.9 Å². The van der Waals surface area contributed by atoms with Gasteiger partial charge in [-0.15, -0.1) is 0 Å².